The van der Waals surface area contributed by atoms with Gasteiger partial charge in [-0.2, -0.15) is 8.78 Å². The first-order chi connectivity index (χ1) is 12.7. The Balaban J connectivity index is 0.00000729. The van der Waals surface area contributed by atoms with E-state index in [4.69, 9.17) is 9.47 Å². The number of halogens is 3. The third kappa shape index (κ3) is 8.76. The zero-order valence-electron chi connectivity index (χ0n) is 17.5. The zero-order valence-corrected chi connectivity index (χ0v) is 19.8. The Morgan fingerprint density at radius 1 is 1.21 bits per heavy atom. The predicted octanol–water partition coefficient (Wildman–Crippen LogP) is 3.70. The number of nitrogens with one attached hydrogen (secondary N) is 2. The average Bonchev–Trinajstić information content (AvgIpc) is 2.59. The molecule has 1 rings (SSSR count). The number of hydrogen-bond donors (Lipinski definition) is 2. The van der Waals surface area contributed by atoms with Crippen LogP contribution >= 0.6 is 24.0 Å². The van der Waals surface area contributed by atoms with Crippen LogP contribution in [0.3, 0.4) is 0 Å². The van der Waals surface area contributed by atoms with E-state index in [2.05, 4.69) is 34.4 Å². The van der Waals surface area contributed by atoms with E-state index < -0.39 is 6.61 Å². The Hall–Kier alpha value is -1.36. The van der Waals surface area contributed by atoms with E-state index >= 15 is 0 Å². The maximum atomic E-state index is 12.8. The van der Waals surface area contributed by atoms with Gasteiger partial charge in [0.2, 0.25) is 0 Å². The van der Waals surface area contributed by atoms with Crippen molar-refractivity contribution in [2.75, 3.05) is 33.8 Å². The van der Waals surface area contributed by atoms with Gasteiger partial charge in [-0.25, -0.2) is 4.99 Å². The minimum atomic E-state index is -2.93. The highest BCUT2D eigenvalue weighted by atomic mass is 127. The Kier molecular flexibility index (Phi) is 12.3. The molecule has 1 aromatic carbocycles. The molecular weight excluding hydrogens is 481 g/mol. The van der Waals surface area contributed by atoms with Crippen molar-refractivity contribution in [2.45, 2.75) is 46.4 Å². The molecule has 0 aromatic heterocycles. The van der Waals surface area contributed by atoms with E-state index in [0.717, 1.165) is 0 Å². The summed E-state index contributed by atoms with van der Waals surface area (Å²) in [7, 11) is 4.03. The molecule has 0 saturated carbocycles. The Morgan fingerprint density at radius 2 is 1.89 bits per heavy atom. The highest BCUT2D eigenvalue weighted by Crippen LogP contribution is 2.33. The first-order valence-corrected chi connectivity index (χ1v) is 9.10. The number of benzene rings is 1. The van der Waals surface area contributed by atoms with Gasteiger partial charge >= 0.3 is 6.61 Å². The first kappa shape index (κ1) is 26.6. The van der Waals surface area contributed by atoms with Crippen LogP contribution < -0.4 is 20.1 Å². The maximum absolute atomic E-state index is 12.8. The highest BCUT2D eigenvalue weighted by Gasteiger charge is 2.20. The molecule has 9 heteroatoms. The smallest absolute Gasteiger partial charge is 0.387 e. The van der Waals surface area contributed by atoms with Gasteiger partial charge in [0.15, 0.2) is 17.5 Å². The molecule has 0 amide bonds. The lowest BCUT2D eigenvalue weighted by molar-refractivity contribution is -0.0520. The van der Waals surface area contributed by atoms with Crippen LogP contribution in [0.2, 0.25) is 0 Å². The molecule has 0 aliphatic rings. The van der Waals surface area contributed by atoms with Crippen LogP contribution in [0, 0.1) is 0 Å². The van der Waals surface area contributed by atoms with E-state index in [9.17, 15) is 8.78 Å². The second-order valence-corrected chi connectivity index (χ2v) is 6.81. The van der Waals surface area contributed by atoms with E-state index in [1.54, 1.807) is 25.1 Å². The van der Waals surface area contributed by atoms with Gasteiger partial charge in [0.05, 0.1) is 13.2 Å². The van der Waals surface area contributed by atoms with E-state index in [0.29, 0.717) is 31.2 Å². The molecule has 0 radical (unpaired) electrons. The number of guanidine groups is 1. The molecule has 0 fully saturated rings. The minimum absolute atomic E-state index is 0. The fourth-order valence-electron chi connectivity index (χ4n) is 2.14. The van der Waals surface area contributed by atoms with E-state index in [1.165, 1.54) is 0 Å². The first-order valence-electron chi connectivity index (χ1n) is 9.10. The van der Waals surface area contributed by atoms with Crippen molar-refractivity contribution >= 4 is 29.9 Å². The normalized spacial score (nSPS) is 12.0. The lowest BCUT2D eigenvalue weighted by atomic mass is 10.0. The third-order valence-corrected chi connectivity index (χ3v) is 4.22. The second kappa shape index (κ2) is 13.0. The van der Waals surface area contributed by atoms with Crippen molar-refractivity contribution in [1.82, 2.24) is 15.5 Å². The molecule has 0 spiro atoms. The van der Waals surface area contributed by atoms with Crippen LogP contribution in [0.25, 0.3) is 0 Å². The van der Waals surface area contributed by atoms with E-state index in [1.807, 2.05) is 21.0 Å². The summed E-state index contributed by atoms with van der Waals surface area (Å²) in [4.78, 5) is 6.63. The number of likely N-dealkylation sites (N-methyl/N-ethyl adjacent to an activating group) is 1. The largest absolute Gasteiger partial charge is 0.490 e. The summed E-state index contributed by atoms with van der Waals surface area (Å²) in [6.45, 7) is 6.95. The van der Waals surface area contributed by atoms with Crippen LogP contribution in [0.1, 0.15) is 33.3 Å². The molecule has 28 heavy (non-hydrogen) atoms. The number of alkyl halides is 2. The summed E-state index contributed by atoms with van der Waals surface area (Å²) in [5.74, 6) is 0.928. The van der Waals surface area contributed by atoms with Gasteiger partial charge in [-0.05, 0) is 47.9 Å². The number of para-hydroxylation sites is 1. The number of aliphatic imine (C=N–C) groups is 1. The van der Waals surface area contributed by atoms with Gasteiger partial charge in [-0.1, -0.05) is 12.1 Å². The van der Waals surface area contributed by atoms with Crippen molar-refractivity contribution < 1.29 is 18.3 Å². The van der Waals surface area contributed by atoms with Crippen molar-refractivity contribution in [3.05, 3.63) is 23.8 Å². The van der Waals surface area contributed by atoms with Gasteiger partial charge in [-0.15, -0.1) is 24.0 Å². The molecule has 162 valence electrons. The van der Waals surface area contributed by atoms with Gasteiger partial charge in [-0.3, -0.25) is 0 Å². The molecule has 0 unspecified atom stereocenters. The monoisotopic (exact) mass is 514 g/mol. The van der Waals surface area contributed by atoms with Crippen LogP contribution in [-0.2, 0) is 6.54 Å². The topological polar surface area (TPSA) is 58.1 Å². The molecule has 1 aromatic rings. The minimum Gasteiger partial charge on any atom is -0.490 e. The van der Waals surface area contributed by atoms with Gasteiger partial charge in [0.25, 0.3) is 0 Å². The lowest BCUT2D eigenvalue weighted by Crippen LogP contribution is -2.50. The summed E-state index contributed by atoms with van der Waals surface area (Å²) in [5, 5.41) is 6.45. The molecule has 0 heterocycles. The summed E-state index contributed by atoms with van der Waals surface area (Å²) in [6.07, 6.45) is 0. The molecule has 0 bridgehead atoms. The molecule has 0 aliphatic carbocycles. The summed E-state index contributed by atoms with van der Waals surface area (Å²) < 4.78 is 35.7. The zero-order chi connectivity index (χ0) is 20.4. The van der Waals surface area contributed by atoms with Crippen LogP contribution in [0.5, 0.6) is 11.5 Å². The summed E-state index contributed by atoms with van der Waals surface area (Å²) in [5.41, 5.74) is 0.458. The Labute approximate surface area is 184 Å². The molecule has 0 saturated heterocycles. The SMILES string of the molecule is CCNC(=NCc1cccc(OCC)c1OC(F)F)NCC(C)(C)N(C)C.I. The van der Waals surface area contributed by atoms with Crippen molar-refractivity contribution in [2.24, 2.45) is 4.99 Å². The van der Waals surface area contributed by atoms with Crippen molar-refractivity contribution in [3.8, 4) is 11.5 Å². The van der Waals surface area contributed by atoms with Gasteiger partial charge in [0, 0.05) is 24.2 Å². The number of rotatable bonds is 10. The van der Waals surface area contributed by atoms with Gasteiger partial charge in [0.1, 0.15) is 0 Å². The van der Waals surface area contributed by atoms with E-state index in [-0.39, 0.29) is 47.6 Å². The highest BCUT2D eigenvalue weighted by molar-refractivity contribution is 14.0. The van der Waals surface area contributed by atoms with Crippen LogP contribution in [0.15, 0.2) is 23.2 Å². The lowest BCUT2D eigenvalue weighted by Gasteiger charge is -2.33. The second-order valence-electron chi connectivity index (χ2n) is 6.81. The van der Waals surface area contributed by atoms with Crippen LogP contribution in [-0.4, -0.2) is 56.8 Å². The fraction of sp³-hybridized carbons (Fsp3) is 0.632. The summed E-state index contributed by atoms with van der Waals surface area (Å²) in [6, 6.07) is 5.05. The Morgan fingerprint density at radius 3 is 2.43 bits per heavy atom. The van der Waals surface area contributed by atoms with Gasteiger partial charge < -0.3 is 25.0 Å². The third-order valence-electron chi connectivity index (χ3n) is 4.22. The molecule has 0 atom stereocenters. The molecule has 2 N–H and O–H groups in total. The quantitative estimate of drug-likeness (QED) is 0.284. The molecular formula is C19H33F2IN4O2. The number of ether oxygens (including phenoxy) is 2. The average molecular weight is 514 g/mol. The predicted molar refractivity (Wildman–Crippen MR) is 120 cm³/mol. The van der Waals surface area contributed by atoms with Crippen LogP contribution in [0.4, 0.5) is 8.78 Å². The van der Waals surface area contributed by atoms with Crippen molar-refractivity contribution in [3.63, 3.8) is 0 Å². The Bertz CT molecular complexity index is 614. The summed E-state index contributed by atoms with van der Waals surface area (Å²) >= 11 is 0. The fourth-order valence-corrected chi connectivity index (χ4v) is 2.14. The standard InChI is InChI=1S/C19H32F2N4O2.HI/c1-7-22-18(24-13-19(3,4)25(5)6)23-12-14-10-9-11-15(26-8-2)16(14)27-17(20)21;/h9-11,17H,7-8,12-13H2,1-6H3,(H2,22,23,24);1H. The molecule has 0 aliphatic heterocycles. The number of hydrogen-bond acceptors (Lipinski definition) is 4. The van der Waals surface area contributed by atoms with Crippen molar-refractivity contribution in [1.29, 1.82) is 0 Å². The maximum Gasteiger partial charge on any atom is 0.387 e. The number of nitrogens with zero attached hydrogens (tertiary/aromatic N) is 2. The molecule has 6 nitrogen and oxygen atoms in total.